The highest BCUT2D eigenvalue weighted by Crippen LogP contribution is 2.26. The van der Waals surface area contributed by atoms with Crippen LogP contribution in [0, 0.1) is 0 Å². The van der Waals surface area contributed by atoms with E-state index in [1.165, 1.54) is 24.0 Å². The van der Waals surface area contributed by atoms with E-state index >= 15 is 0 Å². The zero-order chi connectivity index (χ0) is 16.1. The van der Waals surface area contributed by atoms with Crippen molar-refractivity contribution < 1.29 is 9.84 Å². The molecule has 0 bridgehead atoms. The van der Waals surface area contributed by atoms with Crippen molar-refractivity contribution in [1.29, 1.82) is 0 Å². The maximum absolute atomic E-state index is 10.5. The van der Waals surface area contributed by atoms with E-state index in [4.69, 9.17) is 4.74 Å². The largest absolute Gasteiger partial charge is 0.492 e. The first-order valence-corrected chi connectivity index (χ1v) is 8.45. The number of aliphatic hydroxyl groups excluding tert-OH is 1. The van der Waals surface area contributed by atoms with E-state index in [2.05, 4.69) is 23.5 Å². The molecule has 0 aromatic heterocycles. The van der Waals surface area contributed by atoms with Crippen LogP contribution in [0.1, 0.15) is 36.1 Å². The molecule has 0 saturated carbocycles. The Hall–Kier alpha value is -1.84. The second-order valence-corrected chi connectivity index (χ2v) is 6.23. The number of benzene rings is 2. The molecular formula is C20H25NO2. The van der Waals surface area contributed by atoms with Gasteiger partial charge >= 0.3 is 0 Å². The number of nitrogens with one attached hydrogen (secondary N) is 1. The molecule has 122 valence electrons. The van der Waals surface area contributed by atoms with Crippen LogP contribution in [0.5, 0.6) is 5.75 Å². The fraction of sp³-hybridized carbons (Fsp3) is 0.400. The molecule has 0 heterocycles. The number of hydrogen-bond donors (Lipinski definition) is 2. The van der Waals surface area contributed by atoms with E-state index in [-0.39, 0.29) is 6.04 Å². The fourth-order valence-electron chi connectivity index (χ4n) is 3.15. The Morgan fingerprint density at radius 1 is 1.09 bits per heavy atom. The monoisotopic (exact) mass is 311 g/mol. The minimum absolute atomic E-state index is 0.00572. The van der Waals surface area contributed by atoms with Gasteiger partial charge in [0.05, 0.1) is 6.10 Å². The summed E-state index contributed by atoms with van der Waals surface area (Å²) in [7, 11) is 0. The second-order valence-electron chi connectivity index (χ2n) is 6.23. The van der Waals surface area contributed by atoms with Crippen LogP contribution in [0.15, 0.2) is 48.5 Å². The molecule has 0 amide bonds. The van der Waals surface area contributed by atoms with Gasteiger partial charge in [-0.2, -0.15) is 0 Å². The highest BCUT2D eigenvalue weighted by Gasteiger charge is 2.18. The van der Waals surface area contributed by atoms with E-state index in [9.17, 15) is 5.11 Å². The van der Waals surface area contributed by atoms with Crippen LogP contribution in [0.25, 0.3) is 0 Å². The summed E-state index contributed by atoms with van der Waals surface area (Å²) < 4.78 is 5.66. The summed E-state index contributed by atoms with van der Waals surface area (Å²) in [5.74, 6) is 0.876. The van der Waals surface area contributed by atoms with Gasteiger partial charge in [0.25, 0.3) is 0 Å². The molecule has 3 nitrogen and oxygen atoms in total. The predicted octanol–water partition coefficient (Wildman–Crippen LogP) is 3.27. The number of aryl methyl sites for hydroxylation is 2. The van der Waals surface area contributed by atoms with E-state index in [0.29, 0.717) is 13.2 Å². The maximum atomic E-state index is 10.5. The van der Waals surface area contributed by atoms with Gasteiger partial charge in [0.2, 0.25) is 0 Å². The molecule has 23 heavy (non-hydrogen) atoms. The number of rotatable bonds is 7. The van der Waals surface area contributed by atoms with Gasteiger partial charge in [-0.05, 0) is 55.0 Å². The topological polar surface area (TPSA) is 41.5 Å². The van der Waals surface area contributed by atoms with Gasteiger partial charge in [0.1, 0.15) is 12.4 Å². The predicted molar refractivity (Wildman–Crippen MR) is 92.8 cm³/mol. The van der Waals surface area contributed by atoms with Crippen molar-refractivity contribution in [3.05, 3.63) is 65.2 Å². The van der Waals surface area contributed by atoms with Gasteiger partial charge in [-0.15, -0.1) is 0 Å². The van der Waals surface area contributed by atoms with Crippen molar-refractivity contribution >= 4 is 0 Å². The van der Waals surface area contributed by atoms with Crippen molar-refractivity contribution in [2.24, 2.45) is 0 Å². The molecule has 3 heteroatoms. The molecule has 1 aliphatic carbocycles. The molecule has 2 aromatic rings. The molecule has 0 aliphatic heterocycles. The average molecular weight is 311 g/mol. The number of aliphatic hydroxyl groups is 1. The van der Waals surface area contributed by atoms with Crippen LogP contribution in [-0.4, -0.2) is 24.3 Å². The molecule has 0 fully saturated rings. The summed E-state index contributed by atoms with van der Waals surface area (Å²) in [6.45, 7) is 3.31. The number of ether oxygens (including phenoxy) is 1. The van der Waals surface area contributed by atoms with E-state index in [0.717, 1.165) is 17.7 Å². The van der Waals surface area contributed by atoms with Crippen LogP contribution in [0.3, 0.4) is 0 Å². The minimum Gasteiger partial charge on any atom is -0.492 e. The Bertz CT molecular complexity index is 627. The third-order valence-corrected chi connectivity index (χ3v) is 4.52. The number of fused-ring (bicyclic) bond motifs is 1. The molecule has 0 spiro atoms. The van der Waals surface area contributed by atoms with Crippen molar-refractivity contribution in [2.75, 3.05) is 13.2 Å². The van der Waals surface area contributed by atoms with Crippen LogP contribution in [-0.2, 0) is 12.8 Å². The Labute approximate surface area is 138 Å². The summed E-state index contributed by atoms with van der Waals surface area (Å²) in [6, 6.07) is 16.2. The van der Waals surface area contributed by atoms with Gasteiger partial charge in [-0.25, -0.2) is 0 Å². The Balaban J connectivity index is 1.47. The van der Waals surface area contributed by atoms with Crippen LogP contribution in [0.2, 0.25) is 0 Å². The Morgan fingerprint density at radius 2 is 1.87 bits per heavy atom. The Morgan fingerprint density at radius 3 is 2.70 bits per heavy atom. The SMILES string of the molecule is CC(NCCOc1ccccc1)C(O)c1ccc2c(c1)CCC2. The summed E-state index contributed by atoms with van der Waals surface area (Å²) >= 11 is 0. The van der Waals surface area contributed by atoms with Gasteiger partial charge in [0.15, 0.2) is 0 Å². The van der Waals surface area contributed by atoms with E-state index < -0.39 is 6.10 Å². The van der Waals surface area contributed by atoms with Gasteiger partial charge in [-0.1, -0.05) is 36.4 Å². The zero-order valence-electron chi connectivity index (χ0n) is 13.7. The molecule has 2 unspecified atom stereocenters. The second kappa shape index (κ2) is 7.62. The minimum atomic E-state index is -0.488. The van der Waals surface area contributed by atoms with Crippen molar-refractivity contribution in [2.45, 2.75) is 38.3 Å². The number of para-hydroxylation sites is 1. The van der Waals surface area contributed by atoms with Gasteiger partial charge < -0.3 is 15.2 Å². The lowest BCUT2D eigenvalue weighted by Gasteiger charge is -2.21. The first-order chi connectivity index (χ1) is 11.2. The van der Waals surface area contributed by atoms with Crippen LogP contribution >= 0.6 is 0 Å². The summed E-state index contributed by atoms with van der Waals surface area (Å²) in [4.78, 5) is 0. The number of hydrogen-bond acceptors (Lipinski definition) is 3. The summed E-state index contributed by atoms with van der Waals surface area (Å²) in [5, 5.41) is 13.9. The van der Waals surface area contributed by atoms with E-state index in [1.807, 2.05) is 37.3 Å². The highest BCUT2D eigenvalue weighted by atomic mass is 16.5. The molecule has 0 radical (unpaired) electrons. The summed E-state index contributed by atoms with van der Waals surface area (Å²) in [6.07, 6.45) is 3.07. The van der Waals surface area contributed by atoms with Crippen molar-refractivity contribution in [3.63, 3.8) is 0 Å². The van der Waals surface area contributed by atoms with Crippen LogP contribution in [0.4, 0.5) is 0 Å². The summed E-state index contributed by atoms with van der Waals surface area (Å²) in [5.41, 5.74) is 3.86. The normalized spacial score (nSPS) is 15.9. The molecule has 3 rings (SSSR count). The first-order valence-electron chi connectivity index (χ1n) is 8.45. The third kappa shape index (κ3) is 4.12. The molecular weight excluding hydrogens is 286 g/mol. The zero-order valence-corrected chi connectivity index (χ0v) is 13.7. The van der Waals surface area contributed by atoms with Crippen molar-refractivity contribution in [1.82, 2.24) is 5.32 Å². The Kier molecular flexibility index (Phi) is 5.31. The molecule has 1 aliphatic rings. The molecule has 2 aromatic carbocycles. The lowest BCUT2D eigenvalue weighted by atomic mass is 9.99. The maximum Gasteiger partial charge on any atom is 0.119 e. The lowest BCUT2D eigenvalue weighted by Crippen LogP contribution is -2.35. The first kappa shape index (κ1) is 16.0. The smallest absolute Gasteiger partial charge is 0.119 e. The highest BCUT2D eigenvalue weighted by molar-refractivity contribution is 5.36. The third-order valence-electron chi connectivity index (χ3n) is 4.52. The fourth-order valence-corrected chi connectivity index (χ4v) is 3.15. The standard InChI is InChI=1S/C20H25NO2/c1-15(21-12-13-23-19-8-3-2-4-9-19)20(22)18-11-10-16-6-5-7-17(16)14-18/h2-4,8-11,14-15,20-22H,5-7,12-13H2,1H3. The quantitative estimate of drug-likeness (QED) is 0.771. The van der Waals surface area contributed by atoms with Gasteiger partial charge in [-0.3, -0.25) is 0 Å². The molecule has 2 atom stereocenters. The van der Waals surface area contributed by atoms with Crippen molar-refractivity contribution in [3.8, 4) is 5.75 Å². The van der Waals surface area contributed by atoms with E-state index in [1.54, 1.807) is 0 Å². The van der Waals surface area contributed by atoms with Gasteiger partial charge in [0, 0.05) is 12.6 Å². The lowest BCUT2D eigenvalue weighted by molar-refractivity contribution is 0.133. The molecule has 0 saturated heterocycles. The van der Waals surface area contributed by atoms with Crippen LogP contribution < -0.4 is 10.1 Å². The molecule has 2 N–H and O–H groups in total. The average Bonchev–Trinajstić information content (AvgIpc) is 3.06.